The Hall–Kier alpha value is -0.750. The number of rotatable bonds is 4. The van der Waals surface area contributed by atoms with E-state index < -0.39 is 0 Å². The maximum absolute atomic E-state index is 6.28. The van der Waals surface area contributed by atoms with Gasteiger partial charge in [-0.3, -0.25) is 4.90 Å². The number of hydrogen-bond donors (Lipinski definition) is 1. The molecule has 3 nitrogen and oxygen atoms in total. The van der Waals surface area contributed by atoms with Crippen LogP contribution in [0.3, 0.4) is 0 Å². The molecule has 2 aromatic rings. The molecule has 0 saturated carbocycles. The zero-order chi connectivity index (χ0) is 13.9. The second-order valence-electron chi connectivity index (χ2n) is 5.47. The molecule has 0 amide bonds. The Labute approximate surface area is 128 Å². The second kappa shape index (κ2) is 6.35. The van der Waals surface area contributed by atoms with Crippen molar-refractivity contribution in [1.29, 1.82) is 0 Å². The maximum atomic E-state index is 6.28. The Morgan fingerprint density at radius 3 is 3.10 bits per heavy atom. The minimum Gasteiger partial charge on any atom is -0.318 e. The van der Waals surface area contributed by atoms with Crippen molar-refractivity contribution in [2.75, 3.05) is 6.54 Å². The summed E-state index contributed by atoms with van der Waals surface area (Å²) in [5.41, 5.74) is 7.29. The number of thiophene rings is 1. The van der Waals surface area contributed by atoms with Crippen LogP contribution in [0.15, 0.2) is 22.9 Å². The molecule has 2 aromatic heterocycles. The molecule has 2 atom stereocenters. The first-order chi connectivity index (χ1) is 9.74. The molecular weight excluding hydrogens is 286 g/mol. The van der Waals surface area contributed by atoms with Crippen LogP contribution < -0.4 is 5.73 Å². The first kappa shape index (κ1) is 14.2. The second-order valence-corrected chi connectivity index (χ2v) is 7.40. The summed E-state index contributed by atoms with van der Waals surface area (Å²) in [6.07, 6.45) is 3.99. The lowest BCUT2D eigenvalue weighted by Gasteiger charge is -2.32. The van der Waals surface area contributed by atoms with E-state index in [1.807, 2.05) is 6.07 Å². The van der Waals surface area contributed by atoms with Crippen LogP contribution in [0.2, 0.25) is 0 Å². The van der Waals surface area contributed by atoms with Crippen molar-refractivity contribution in [3.8, 4) is 0 Å². The molecule has 0 spiro atoms. The molecule has 1 aliphatic rings. The van der Waals surface area contributed by atoms with E-state index in [9.17, 15) is 0 Å². The Balaban J connectivity index is 1.67. The smallest absolute Gasteiger partial charge is 0.107 e. The largest absolute Gasteiger partial charge is 0.318 e. The van der Waals surface area contributed by atoms with Crippen LogP contribution in [-0.4, -0.2) is 22.5 Å². The minimum absolute atomic E-state index is 0.0706. The molecular formula is C15H21N3S2. The van der Waals surface area contributed by atoms with Crippen molar-refractivity contribution in [3.05, 3.63) is 38.5 Å². The van der Waals surface area contributed by atoms with Gasteiger partial charge in [-0.2, -0.15) is 0 Å². The third kappa shape index (κ3) is 3.11. The first-order valence-corrected chi connectivity index (χ1v) is 8.97. The van der Waals surface area contributed by atoms with Crippen molar-refractivity contribution in [2.24, 2.45) is 5.73 Å². The van der Waals surface area contributed by atoms with Gasteiger partial charge in [0, 0.05) is 16.3 Å². The highest BCUT2D eigenvalue weighted by atomic mass is 32.1. The SMILES string of the molecule is CC1CCCCN1Cc1nc(C(N)c2cccs2)cs1. The summed E-state index contributed by atoms with van der Waals surface area (Å²) >= 11 is 3.44. The fourth-order valence-electron chi connectivity index (χ4n) is 2.72. The molecule has 2 unspecified atom stereocenters. The van der Waals surface area contributed by atoms with Crippen molar-refractivity contribution in [3.63, 3.8) is 0 Å². The van der Waals surface area contributed by atoms with Crippen LogP contribution in [0.1, 0.15) is 47.8 Å². The fraction of sp³-hybridized carbons (Fsp3) is 0.533. The molecule has 108 valence electrons. The van der Waals surface area contributed by atoms with Gasteiger partial charge in [0.05, 0.1) is 18.3 Å². The van der Waals surface area contributed by atoms with Gasteiger partial charge < -0.3 is 5.73 Å². The fourth-order valence-corrected chi connectivity index (χ4v) is 4.31. The summed E-state index contributed by atoms with van der Waals surface area (Å²) < 4.78 is 0. The van der Waals surface area contributed by atoms with E-state index in [-0.39, 0.29) is 6.04 Å². The maximum Gasteiger partial charge on any atom is 0.107 e. The van der Waals surface area contributed by atoms with Gasteiger partial charge >= 0.3 is 0 Å². The topological polar surface area (TPSA) is 42.2 Å². The molecule has 20 heavy (non-hydrogen) atoms. The average Bonchev–Trinajstić information content (AvgIpc) is 3.12. The van der Waals surface area contributed by atoms with E-state index >= 15 is 0 Å². The molecule has 2 N–H and O–H groups in total. The first-order valence-electron chi connectivity index (χ1n) is 7.21. The zero-order valence-corrected chi connectivity index (χ0v) is 13.4. The summed E-state index contributed by atoms with van der Waals surface area (Å²) in [5.74, 6) is 0. The van der Waals surface area contributed by atoms with Crippen LogP contribution in [-0.2, 0) is 6.54 Å². The lowest BCUT2D eigenvalue weighted by molar-refractivity contribution is 0.152. The number of thiazole rings is 1. The van der Waals surface area contributed by atoms with E-state index in [0.29, 0.717) is 6.04 Å². The average molecular weight is 307 g/mol. The Morgan fingerprint density at radius 1 is 1.45 bits per heavy atom. The molecule has 0 bridgehead atoms. The molecule has 3 heterocycles. The normalized spacial score (nSPS) is 22.0. The summed E-state index contributed by atoms with van der Waals surface area (Å²) in [6.45, 7) is 4.50. The molecule has 0 aromatic carbocycles. The highest BCUT2D eigenvalue weighted by molar-refractivity contribution is 7.10. The van der Waals surface area contributed by atoms with Crippen LogP contribution in [0, 0.1) is 0 Å². The number of hydrogen-bond acceptors (Lipinski definition) is 5. The van der Waals surface area contributed by atoms with Gasteiger partial charge in [-0.05, 0) is 37.8 Å². The van der Waals surface area contributed by atoms with E-state index in [0.717, 1.165) is 12.2 Å². The van der Waals surface area contributed by atoms with Gasteiger partial charge in [-0.15, -0.1) is 22.7 Å². The summed E-state index contributed by atoms with van der Waals surface area (Å²) in [6, 6.07) is 4.74. The van der Waals surface area contributed by atoms with Crippen molar-refractivity contribution in [1.82, 2.24) is 9.88 Å². The standard InChI is InChI=1S/C15H21N3S2/c1-11-5-2-3-7-18(11)9-14-17-12(10-20-14)15(16)13-6-4-8-19-13/h4,6,8,10-11,15H,2-3,5,7,9,16H2,1H3. The molecule has 1 fully saturated rings. The zero-order valence-electron chi connectivity index (χ0n) is 11.8. The minimum atomic E-state index is -0.0706. The Bertz CT molecular complexity index is 535. The van der Waals surface area contributed by atoms with Gasteiger partial charge in [-0.25, -0.2) is 4.98 Å². The highest BCUT2D eigenvalue weighted by Gasteiger charge is 2.20. The lowest BCUT2D eigenvalue weighted by atomic mass is 10.0. The number of piperidine rings is 1. The number of nitrogens with two attached hydrogens (primary N) is 1. The third-order valence-electron chi connectivity index (χ3n) is 4.02. The van der Waals surface area contributed by atoms with Crippen LogP contribution in [0.4, 0.5) is 0 Å². The van der Waals surface area contributed by atoms with Gasteiger partial charge in [0.1, 0.15) is 5.01 Å². The lowest BCUT2D eigenvalue weighted by Crippen LogP contribution is -2.36. The van der Waals surface area contributed by atoms with Crippen LogP contribution >= 0.6 is 22.7 Å². The Morgan fingerprint density at radius 2 is 2.35 bits per heavy atom. The van der Waals surface area contributed by atoms with Crippen molar-refractivity contribution in [2.45, 2.75) is 44.8 Å². The predicted octanol–water partition coefficient (Wildman–Crippen LogP) is 3.63. The van der Waals surface area contributed by atoms with Gasteiger partial charge in [0.15, 0.2) is 0 Å². The van der Waals surface area contributed by atoms with E-state index in [1.54, 1.807) is 22.7 Å². The van der Waals surface area contributed by atoms with Crippen LogP contribution in [0.5, 0.6) is 0 Å². The summed E-state index contributed by atoms with van der Waals surface area (Å²) in [5, 5.41) is 5.38. The number of nitrogens with zero attached hydrogens (tertiary/aromatic N) is 2. The molecule has 5 heteroatoms. The van der Waals surface area contributed by atoms with E-state index in [1.165, 1.54) is 35.7 Å². The van der Waals surface area contributed by atoms with Gasteiger partial charge in [-0.1, -0.05) is 12.5 Å². The molecule has 1 aliphatic heterocycles. The third-order valence-corrected chi connectivity index (χ3v) is 5.82. The Kier molecular flexibility index (Phi) is 4.51. The molecule has 0 aliphatic carbocycles. The van der Waals surface area contributed by atoms with Gasteiger partial charge in [0.25, 0.3) is 0 Å². The van der Waals surface area contributed by atoms with E-state index in [2.05, 4.69) is 28.7 Å². The quantitative estimate of drug-likeness (QED) is 0.938. The van der Waals surface area contributed by atoms with Crippen molar-refractivity contribution >= 4 is 22.7 Å². The van der Waals surface area contributed by atoms with Crippen molar-refractivity contribution < 1.29 is 0 Å². The van der Waals surface area contributed by atoms with Gasteiger partial charge in [0.2, 0.25) is 0 Å². The molecule has 0 radical (unpaired) electrons. The predicted molar refractivity (Wildman–Crippen MR) is 86.2 cm³/mol. The highest BCUT2D eigenvalue weighted by Crippen LogP contribution is 2.26. The monoisotopic (exact) mass is 307 g/mol. The summed E-state index contributed by atoms with van der Waals surface area (Å²) in [4.78, 5) is 8.49. The van der Waals surface area contributed by atoms with Crippen LogP contribution in [0.25, 0.3) is 0 Å². The molecule has 3 rings (SSSR count). The summed E-state index contributed by atoms with van der Waals surface area (Å²) in [7, 11) is 0. The number of aromatic nitrogens is 1. The molecule has 1 saturated heterocycles. The number of likely N-dealkylation sites (tertiary alicyclic amines) is 1. The van der Waals surface area contributed by atoms with E-state index in [4.69, 9.17) is 10.7 Å².